The van der Waals surface area contributed by atoms with Crippen molar-refractivity contribution in [2.45, 2.75) is 26.7 Å². The number of hydrogen-bond acceptors (Lipinski definition) is 3. The fraction of sp³-hybridized carbons (Fsp3) is 0.167. The van der Waals surface area contributed by atoms with Crippen molar-refractivity contribution in [2.75, 3.05) is 5.32 Å². The van der Waals surface area contributed by atoms with Gasteiger partial charge in [0.2, 0.25) is 5.89 Å². The second-order valence-corrected chi connectivity index (χ2v) is 8.35. The number of nitrogens with zero attached hydrogens (tertiary/aromatic N) is 1. The van der Waals surface area contributed by atoms with E-state index in [4.69, 9.17) is 27.6 Å². The molecular formula is C24H20Cl2N2O2. The Kier molecular flexibility index (Phi) is 5.54. The molecule has 3 aromatic carbocycles. The van der Waals surface area contributed by atoms with Crippen molar-refractivity contribution in [3.05, 3.63) is 81.3 Å². The zero-order valence-electron chi connectivity index (χ0n) is 16.8. The Morgan fingerprint density at radius 3 is 2.53 bits per heavy atom. The summed E-state index contributed by atoms with van der Waals surface area (Å²) in [7, 11) is 0. The first-order chi connectivity index (χ1) is 14.3. The van der Waals surface area contributed by atoms with Gasteiger partial charge in [0.25, 0.3) is 5.91 Å². The molecular weight excluding hydrogens is 419 g/mol. The van der Waals surface area contributed by atoms with Crippen LogP contribution in [0.15, 0.2) is 59.0 Å². The van der Waals surface area contributed by atoms with Crippen LogP contribution < -0.4 is 5.32 Å². The lowest BCUT2D eigenvalue weighted by Crippen LogP contribution is -2.13. The third-order valence-electron chi connectivity index (χ3n) is 4.91. The Balaban J connectivity index is 1.66. The van der Waals surface area contributed by atoms with E-state index in [-0.39, 0.29) is 5.91 Å². The van der Waals surface area contributed by atoms with Gasteiger partial charge in [0.1, 0.15) is 5.52 Å². The zero-order valence-corrected chi connectivity index (χ0v) is 18.3. The topological polar surface area (TPSA) is 55.1 Å². The van der Waals surface area contributed by atoms with Crippen LogP contribution in [0.2, 0.25) is 10.0 Å². The first-order valence-electron chi connectivity index (χ1n) is 9.60. The number of rotatable bonds is 4. The van der Waals surface area contributed by atoms with Crippen LogP contribution in [0.1, 0.15) is 41.3 Å². The van der Waals surface area contributed by atoms with E-state index >= 15 is 0 Å². The van der Waals surface area contributed by atoms with E-state index in [0.29, 0.717) is 44.3 Å². The molecule has 0 aliphatic heterocycles. The summed E-state index contributed by atoms with van der Waals surface area (Å²) < 4.78 is 5.92. The third-order valence-corrected chi connectivity index (χ3v) is 5.55. The van der Waals surface area contributed by atoms with Gasteiger partial charge in [-0.1, -0.05) is 49.2 Å². The molecule has 152 valence electrons. The van der Waals surface area contributed by atoms with Crippen LogP contribution in [0.3, 0.4) is 0 Å². The van der Waals surface area contributed by atoms with E-state index in [1.807, 2.05) is 37.3 Å². The maximum absolute atomic E-state index is 12.7. The van der Waals surface area contributed by atoms with Gasteiger partial charge < -0.3 is 9.73 Å². The lowest BCUT2D eigenvalue weighted by Gasteiger charge is -2.10. The molecule has 6 heteroatoms. The molecule has 0 atom stereocenters. The number of benzene rings is 3. The summed E-state index contributed by atoms with van der Waals surface area (Å²) >= 11 is 12.5. The number of oxazole rings is 1. The first kappa shape index (κ1) is 20.5. The molecule has 0 aliphatic carbocycles. The number of aromatic nitrogens is 1. The van der Waals surface area contributed by atoms with Gasteiger partial charge in [-0.3, -0.25) is 4.79 Å². The SMILES string of the molecule is Cc1ccc(C(=O)Nc2cc(-c3nc4cc(C(C)C)ccc4o3)ccc2Cl)c(Cl)c1. The molecule has 0 radical (unpaired) electrons. The van der Waals surface area contributed by atoms with Gasteiger partial charge in [0, 0.05) is 5.56 Å². The highest BCUT2D eigenvalue weighted by atomic mass is 35.5. The lowest BCUT2D eigenvalue weighted by atomic mass is 10.0. The van der Waals surface area contributed by atoms with Crippen molar-refractivity contribution >= 4 is 45.9 Å². The Bertz CT molecular complexity index is 1260. The first-order valence-corrected chi connectivity index (χ1v) is 10.4. The largest absolute Gasteiger partial charge is 0.436 e. The van der Waals surface area contributed by atoms with Gasteiger partial charge in [0.15, 0.2) is 5.58 Å². The van der Waals surface area contributed by atoms with Crippen LogP contribution in [0.25, 0.3) is 22.6 Å². The monoisotopic (exact) mass is 438 g/mol. The quantitative estimate of drug-likeness (QED) is 0.359. The minimum atomic E-state index is -0.335. The number of halogens is 2. The number of fused-ring (bicyclic) bond motifs is 1. The summed E-state index contributed by atoms with van der Waals surface area (Å²) in [6.45, 7) is 6.19. The summed E-state index contributed by atoms with van der Waals surface area (Å²) in [5, 5.41) is 3.63. The average molecular weight is 439 g/mol. The zero-order chi connectivity index (χ0) is 21.4. The lowest BCUT2D eigenvalue weighted by molar-refractivity contribution is 0.102. The normalized spacial score (nSPS) is 11.3. The molecule has 4 aromatic rings. The van der Waals surface area contributed by atoms with Crippen LogP contribution in [0.5, 0.6) is 0 Å². The smallest absolute Gasteiger partial charge is 0.257 e. The highest BCUT2D eigenvalue weighted by molar-refractivity contribution is 6.36. The van der Waals surface area contributed by atoms with Gasteiger partial charge in [-0.25, -0.2) is 4.98 Å². The maximum Gasteiger partial charge on any atom is 0.257 e. The molecule has 0 aliphatic rings. The molecule has 0 saturated carbocycles. The molecule has 0 bridgehead atoms. The summed E-state index contributed by atoms with van der Waals surface area (Å²) in [6.07, 6.45) is 0. The fourth-order valence-electron chi connectivity index (χ4n) is 3.18. The molecule has 0 saturated heterocycles. The summed E-state index contributed by atoms with van der Waals surface area (Å²) in [4.78, 5) is 17.3. The number of anilines is 1. The van der Waals surface area contributed by atoms with Crippen molar-refractivity contribution in [3.8, 4) is 11.5 Å². The molecule has 4 nitrogen and oxygen atoms in total. The summed E-state index contributed by atoms with van der Waals surface area (Å²) in [5.74, 6) is 0.533. The van der Waals surface area contributed by atoms with Crippen molar-refractivity contribution in [2.24, 2.45) is 0 Å². The summed E-state index contributed by atoms with van der Waals surface area (Å²) in [6, 6.07) is 16.5. The van der Waals surface area contributed by atoms with Crippen molar-refractivity contribution < 1.29 is 9.21 Å². The van der Waals surface area contributed by atoms with Crippen LogP contribution >= 0.6 is 23.2 Å². The standard InChI is InChI=1S/C24H20Cl2N2O2/c1-13(2)15-6-9-22-21(11-15)28-24(30-22)16-5-8-18(25)20(12-16)27-23(29)17-7-4-14(3)10-19(17)26/h4-13H,1-3H3,(H,27,29). The molecule has 1 amide bonds. The molecule has 1 aromatic heterocycles. The number of carbonyl (C=O) groups is 1. The summed E-state index contributed by atoms with van der Waals surface area (Å²) in [5.41, 5.74) is 5.24. The van der Waals surface area contributed by atoms with Crippen LogP contribution in [-0.4, -0.2) is 10.9 Å². The van der Waals surface area contributed by atoms with E-state index in [1.165, 1.54) is 5.56 Å². The van der Waals surface area contributed by atoms with Gasteiger partial charge in [-0.15, -0.1) is 0 Å². The molecule has 30 heavy (non-hydrogen) atoms. The van der Waals surface area contributed by atoms with Crippen molar-refractivity contribution in [3.63, 3.8) is 0 Å². The molecule has 1 N–H and O–H groups in total. The predicted molar refractivity (Wildman–Crippen MR) is 123 cm³/mol. The van der Waals surface area contributed by atoms with Crippen LogP contribution in [0, 0.1) is 6.92 Å². The minimum Gasteiger partial charge on any atom is -0.436 e. The number of amides is 1. The molecule has 4 rings (SSSR count). The van der Waals surface area contributed by atoms with E-state index in [1.54, 1.807) is 24.3 Å². The van der Waals surface area contributed by atoms with E-state index < -0.39 is 0 Å². The van der Waals surface area contributed by atoms with Crippen LogP contribution in [-0.2, 0) is 0 Å². The van der Waals surface area contributed by atoms with Gasteiger partial charge in [-0.2, -0.15) is 0 Å². The van der Waals surface area contributed by atoms with Crippen LogP contribution in [0.4, 0.5) is 5.69 Å². The number of aryl methyl sites for hydroxylation is 1. The third kappa shape index (κ3) is 4.07. The number of carbonyl (C=O) groups excluding carboxylic acids is 1. The maximum atomic E-state index is 12.7. The second kappa shape index (κ2) is 8.13. The number of hydrogen-bond donors (Lipinski definition) is 1. The molecule has 0 fully saturated rings. The minimum absolute atomic E-state index is 0.335. The Labute approximate surface area is 184 Å². The molecule has 1 heterocycles. The number of nitrogens with one attached hydrogen (secondary N) is 1. The van der Waals surface area contributed by atoms with Gasteiger partial charge in [-0.05, 0) is 66.4 Å². The van der Waals surface area contributed by atoms with Gasteiger partial charge >= 0.3 is 0 Å². The second-order valence-electron chi connectivity index (χ2n) is 7.53. The van der Waals surface area contributed by atoms with E-state index in [2.05, 4.69) is 24.1 Å². The fourth-order valence-corrected chi connectivity index (χ4v) is 3.66. The van der Waals surface area contributed by atoms with E-state index in [0.717, 1.165) is 11.1 Å². The predicted octanol–water partition coefficient (Wildman–Crippen LogP) is 7.49. The average Bonchev–Trinajstić information content (AvgIpc) is 3.12. The molecule has 0 unspecified atom stereocenters. The van der Waals surface area contributed by atoms with E-state index in [9.17, 15) is 4.79 Å². The van der Waals surface area contributed by atoms with Crippen molar-refractivity contribution in [1.29, 1.82) is 0 Å². The highest BCUT2D eigenvalue weighted by Gasteiger charge is 2.15. The van der Waals surface area contributed by atoms with Gasteiger partial charge in [0.05, 0.1) is 21.3 Å². The van der Waals surface area contributed by atoms with Crippen molar-refractivity contribution in [1.82, 2.24) is 4.98 Å². The highest BCUT2D eigenvalue weighted by Crippen LogP contribution is 2.32. The molecule has 0 spiro atoms. The Morgan fingerprint density at radius 1 is 1.00 bits per heavy atom. The Morgan fingerprint density at radius 2 is 1.80 bits per heavy atom. The Hall–Kier alpha value is -2.82.